The van der Waals surface area contributed by atoms with E-state index in [2.05, 4.69) is 6.58 Å². The molecule has 0 saturated heterocycles. The van der Waals surface area contributed by atoms with Gasteiger partial charge >= 0.3 is 5.97 Å². The number of allylic oxidation sites excluding steroid dienone is 5. The molecule has 0 amide bonds. The number of nitrogens with zero attached hydrogens (tertiary/aromatic N) is 1. The fourth-order valence-electron chi connectivity index (χ4n) is 1.85. The van der Waals surface area contributed by atoms with Crippen molar-refractivity contribution in [1.82, 2.24) is 4.57 Å². The van der Waals surface area contributed by atoms with Crippen molar-refractivity contribution in [3.63, 3.8) is 0 Å². The van der Waals surface area contributed by atoms with Gasteiger partial charge in [-0.1, -0.05) is 30.9 Å². The summed E-state index contributed by atoms with van der Waals surface area (Å²) < 4.78 is 7.81. The van der Waals surface area contributed by atoms with Crippen LogP contribution in [0, 0.1) is 10.9 Å². The summed E-state index contributed by atoms with van der Waals surface area (Å²) in [5.74, 6) is -0.272. The van der Waals surface area contributed by atoms with Crippen molar-refractivity contribution >= 4 is 35.1 Å². The third-order valence-corrected chi connectivity index (χ3v) is 4.02. The standard InChI is InChI=1S/C15H19NO2S2/c1-5-6-7-8-11(2)14-12(3)20-15(19)16(14)9-10-18-13(4)17/h5-8H,1,9-10H2,2-4H3/b7-6-,11-8+. The second-order valence-electron chi connectivity index (χ2n) is 4.23. The molecule has 0 aliphatic heterocycles. The molecule has 1 aromatic rings. The molecule has 0 aliphatic rings. The lowest BCUT2D eigenvalue weighted by atomic mass is 10.1. The fourth-order valence-corrected chi connectivity index (χ4v) is 3.33. The van der Waals surface area contributed by atoms with E-state index in [9.17, 15) is 4.79 Å². The van der Waals surface area contributed by atoms with Crippen molar-refractivity contribution in [2.24, 2.45) is 0 Å². The highest BCUT2D eigenvalue weighted by molar-refractivity contribution is 7.73. The fraction of sp³-hybridized carbons (Fsp3) is 0.333. The van der Waals surface area contributed by atoms with Crippen LogP contribution >= 0.6 is 23.6 Å². The van der Waals surface area contributed by atoms with Crippen molar-refractivity contribution in [2.75, 3.05) is 6.61 Å². The van der Waals surface area contributed by atoms with E-state index in [-0.39, 0.29) is 5.97 Å². The average Bonchev–Trinajstić information content (AvgIpc) is 2.64. The summed E-state index contributed by atoms with van der Waals surface area (Å²) >= 11 is 6.95. The number of hydrogen-bond donors (Lipinski definition) is 0. The summed E-state index contributed by atoms with van der Waals surface area (Å²) in [5.41, 5.74) is 2.22. The summed E-state index contributed by atoms with van der Waals surface area (Å²) in [6.07, 6.45) is 7.58. The van der Waals surface area contributed by atoms with E-state index in [1.54, 1.807) is 17.4 Å². The van der Waals surface area contributed by atoms with Crippen LogP contribution in [0.4, 0.5) is 0 Å². The van der Waals surface area contributed by atoms with E-state index in [1.165, 1.54) is 11.8 Å². The summed E-state index contributed by atoms with van der Waals surface area (Å²) in [6.45, 7) is 10.1. The molecule has 0 atom stereocenters. The molecule has 1 rings (SSSR count). The summed E-state index contributed by atoms with van der Waals surface area (Å²) in [7, 11) is 0. The molecule has 0 spiro atoms. The van der Waals surface area contributed by atoms with Gasteiger partial charge in [0, 0.05) is 11.8 Å². The number of esters is 1. The third kappa shape index (κ3) is 4.58. The van der Waals surface area contributed by atoms with E-state index in [0.717, 1.165) is 15.2 Å². The first-order valence-corrected chi connectivity index (χ1v) is 7.49. The SMILES string of the molecule is C=C/C=C\C=C(/C)c1c(C)sc(=S)n1CCOC(C)=O. The first kappa shape index (κ1) is 16.6. The van der Waals surface area contributed by atoms with E-state index in [0.29, 0.717) is 13.2 Å². The van der Waals surface area contributed by atoms with Crippen LogP contribution in [0.3, 0.4) is 0 Å². The molecule has 1 heterocycles. The molecular formula is C15H19NO2S2. The molecule has 0 bridgehead atoms. The Labute approximate surface area is 128 Å². The van der Waals surface area contributed by atoms with Gasteiger partial charge in [0.05, 0.1) is 12.2 Å². The number of carbonyl (C=O) groups is 1. The van der Waals surface area contributed by atoms with Gasteiger partial charge in [-0.3, -0.25) is 4.79 Å². The molecule has 20 heavy (non-hydrogen) atoms. The number of aryl methyl sites for hydroxylation is 1. The van der Waals surface area contributed by atoms with Gasteiger partial charge in [0.2, 0.25) is 0 Å². The molecule has 0 N–H and O–H groups in total. The smallest absolute Gasteiger partial charge is 0.302 e. The monoisotopic (exact) mass is 309 g/mol. The van der Waals surface area contributed by atoms with E-state index in [1.807, 2.05) is 36.6 Å². The minimum atomic E-state index is -0.272. The highest BCUT2D eigenvalue weighted by atomic mass is 32.1. The van der Waals surface area contributed by atoms with Crippen LogP contribution in [0.2, 0.25) is 0 Å². The Hall–Kier alpha value is -1.46. The number of ether oxygens (including phenoxy) is 1. The van der Waals surface area contributed by atoms with E-state index >= 15 is 0 Å². The maximum Gasteiger partial charge on any atom is 0.302 e. The summed E-state index contributed by atoms with van der Waals surface area (Å²) in [4.78, 5) is 12.0. The van der Waals surface area contributed by atoms with Crippen LogP contribution in [-0.4, -0.2) is 17.1 Å². The molecule has 0 unspecified atom stereocenters. The zero-order valence-electron chi connectivity index (χ0n) is 12.0. The lowest BCUT2D eigenvalue weighted by molar-refractivity contribution is -0.141. The molecule has 108 valence electrons. The van der Waals surface area contributed by atoms with Crippen LogP contribution in [0.5, 0.6) is 0 Å². The molecule has 5 heteroatoms. The number of rotatable bonds is 6. The molecule has 3 nitrogen and oxygen atoms in total. The summed E-state index contributed by atoms with van der Waals surface area (Å²) in [5, 5.41) is 0. The second kappa shape index (κ2) is 7.97. The molecule has 0 radical (unpaired) electrons. The highest BCUT2D eigenvalue weighted by Gasteiger charge is 2.11. The largest absolute Gasteiger partial charge is 0.464 e. The van der Waals surface area contributed by atoms with Gasteiger partial charge in [-0.2, -0.15) is 0 Å². The maximum atomic E-state index is 10.8. The van der Waals surface area contributed by atoms with Crippen molar-refractivity contribution in [3.8, 4) is 0 Å². The Kier molecular flexibility index (Phi) is 6.61. The normalized spacial score (nSPS) is 11.8. The van der Waals surface area contributed by atoms with Crippen LogP contribution in [0.25, 0.3) is 5.57 Å². The van der Waals surface area contributed by atoms with Crippen molar-refractivity contribution in [2.45, 2.75) is 27.3 Å². The summed E-state index contributed by atoms with van der Waals surface area (Å²) in [6, 6.07) is 0. The first-order valence-electron chi connectivity index (χ1n) is 6.27. The molecular weight excluding hydrogens is 290 g/mol. The van der Waals surface area contributed by atoms with E-state index in [4.69, 9.17) is 17.0 Å². The van der Waals surface area contributed by atoms with Gasteiger partial charge < -0.3 is 9.30 Å². The van der Waals surface area contributed by atoms with Crippen molar-refractivity contribution < 1.29 is 9.53 Å². The zero-order valence-corrected chi connectivity index (χ0v) is 13.6. The number of aromatic nitrogens is 1. The number of hydrogen-bond acceptors (Lipinski definition) is 4. The molecule has 0 aromatic carbocycles. The van der Waals surface area contributed by atoms with Crippen LogP contribution in [0.15, 0.2) is 30.9 Å². The average molecular weight is 309 g/mol. The quantitative estimate of drug-likeness (QED) is 0.446. The molecule has 0 saturated carbocycles. The van der Waals surface area contributed by atoms with Crippen LogP contribution in [-0.2, 0) is 16.1 Å². The van der Waals surface area contributed by atoms with Crippen LogP contribution in [0.1, 0.15) is 24.4 Å². The van der Waals surface area contributed by atoms with Crippen LogP contribution < -0.4 is 0 Å². The minimum absolute atomic E-state index is 0.272. The Morgan fingerprint density at radius 1 is 1.45 bits per heavy atom. The lowest BCUT2D eigenvalue weighted by Crippen LogP contribution is -2.11. The predicted molar refractivity (Wildman–Crippen MR) is 87.5 cm³/mol. The van der Waals surface area contributed by atoms with Gasteiger partial charge in [0.1, 0.15) is 6.61 Å². The van der Waals surface area contributed by atoms with Gasteiger partial charge in [0.25, 0.3) is 0 Å². The predicted octanol–water partition coefficient (Wildman–Crippen LogP) is 4.30. The lowest BCUT2D eigenvalue weighted by Gasteiger charge is -2.10. The highest BCUT2D eigenvalue weighted by Crippen LogP contribution is 2.25. The number of thiazole rings is 1. The van der Waals surface area contributed by atoms with Gasteiger partial charge in [-0.25, -0.2) is 0 Å². The Balaban J connectivity index is 3.03. The maximum absolute atomic E-state index is 10.8. The molecule has 0 fully saturated rings. The molecule has 0 aliphatic carbocycles. The van der Waals surface area contributed by atoms with Crippen molar-refractivity contribution in [1.29, 1.82) is 0 Å². The second-order valence-corrected chi connectivity index (χ2v) is 6.08. The van der Waals surface area contributed by atoms with E-state index < -0.39 is 0 Å². The first-order chi connectivity index (χ1) is 9.47. The number of carbonyl (C=O) groups excluding carboxylic acids is 1. The van der Waals surface area contributed by atoms with Gasteiger partial charge in [-0.15, -0.1) is 11.3 Å². The topological polar surface area (TPSA) is 31.2 Å². The Morgan fingerprint density at radius 2 is 2.15 bits per heavy atom. The van der Waals surface area contributed by atoms with Crippen molar-refractivity contribution in [3.05, 3.63) is 45.4 Å². The minimum Gasteiger partial charge on any atom is -0.464 e. The third-order valence-electron chi connectivity index (χ3n) is 2.65. The Bertz CT molecular complexity index is 606. The molecule has 1 aromatic heterocycles. The van der Waals surface area contributed by atoms with Gasteiger partial charge in [0.15, 0.2) is 3.95 Å². The van der Waals surface area contributed by atoms with Gasteiger partial charge in [-0.05, 0) is 31.6 Å². The Morgan fingerprint density at radius 3 is 2.75 bits per heavy atom. The zero-order chi connectivity index (χ0) is 15.1.